The Morgan fingerprint density at radius 1 is 1.07 bits per heavy atom. The third kappa shape index (κ3) is 3.77. The number of sulfonamides is 1. The third-order valence-electron chi connectivity index (χ3n) is 4.18. The first-order valence-corrected chi connectivity index (χ1v) is 9.92. The van der Waals surface area contributed by atoms with E-state index < -0.39 is 21.8 Å². The van der Waals surface area contributed by atoms with Crippen molar-refractivity contribution in [2.75, 3.05) is 16.7 Å². The minimum absolute atomic E-state index is 0.0824. The molecule has 1 saturated heterocycles. The Hall–Kier alpha value is -2.58. The van der Waals surface area contributed by atoms with Gasteiger partial charge in [-0.05, 0) is 42.8 Å². The molecule has 0 aromatic heterocycles. The van der Waals surface area contributed by atoms with Crippen LogP contribution >= 0.6 is 11.6 Å². The van der Waals surface area contributed by atoms with E-state index in [1.807, 2.05) is 0 Å². The molecule has 1 heterocycles. The predicted molar refractivity (Wildman–Crippen MR) is 102 cm³/mol. The molecule has 1 N–H and O–H groups in total. The van der Waals surface area contributed by atoms with Crippen molar-refractivity contribution >= 4 is 44.8 Å². The second-order valence-electron chi connectivity index (χ2n) is 6.03. The summed E-state index contributed by atoms with van der Waals surface area (Å²) < 4.78 is 33.1. The van der Waals surface area contributed by atoms with E-state index in [9.17, 15) is 18.0 Å². The van der Waals surface area contributed by atoms with E-state index in [-0.39, 0.29) is 29.2 Å². The Kier molecular flexibility index (Phi) is 5.12. The zero-order valence-electron chi connectivity index (χ0n) is 14.7. The van der Waals surface area contributed by atoms with Gasteiger partial charge in [0.1, 0.15) is 5.75 Å². The first-order chi connectivity index (χ1) is 12.7. The molecule has 2 aromatic carbocycles. The normalized spacial score (nSPS) is 14.6. The second kappa shape index (κ2) is 7.21. The molecule has 142 valence electrons. The molecular weight excluding hydrogens is 392 g/mol. The van der Waals surface area contributed by atoms with Gasteiger partial charge in [0, 0.05) is 17.9 Å². The Morgan fingerprint density at radius 2 is 1.74 bits per heavy atom. The van der Waals surface area contributed by atoms with E-state index in [0.717, 1.165) is 10.5 Å². The third-order valence-corrected chi connectivity index (χ3v) is 5.96. The number of imide groups is 1. The van der Waals surface area contributed by atoms with Crippen molar-refractivity contribution in [3.8, 4) is 5.75 Å². The Balaban J connectivity index is 2.00. The molecule has 2 aromatic rings. The predicted octanol–water partition coefficient (Wildman–Crippen LogP) is 3.11. The largest absolute Gasteiger partial charge is 0.495 e. The van der Waals surface area contributed by atoms with Crippen LogP contribution in [-0.2, 0) is 19.6 Å². The van der Waals surface area contributed by atoms with E-state index in [0.29, 0.717) is 10.7 Å². The monoisotopic (exact) mass is 408 g/mol. The SMILES string of the molecule is COc1ccc(S(=O)(=O)Nc2ccc(C)c(Cl)c2)cc1N1C(=O)CCC1=O. The van der Waals surface area contributed by atoms with Crippen LogP contribution in [0.3, 0.4) is 0 Å². The fourth-order valence-electron chi connectivity index (χ4n) is 2.73. The lowest BCUT2D eigenvalue weighted by Gasteiger charge is -2.18. The maximum Gasteiger partial charge on any atom is 0.261 e. The van der Waals surface area contributed by atoms with Crippen molar-refractivity contribution in [3.05, 3.63) is 47.0 Å². The van der Waals surface area contributed by atoms with Crippen LogP contribution in [0.25, 0.3) is 0 Å². The van der Waals surface area contributed by atoms with Crippen molar-refractivity contribution in [2.45, 2.75) is 24.7 Å². The summed E-state index contributed by atoms with van der Waals surface area (Å²) >= 11 is 6.04. The van der Waals surface area contributed by atoms with Gasteiger partial charge < -0.3 is 4.74 Å². The Labute approximate surface area is 161 Å². The van der Waals surface area contributed by atoms with Crippen molar-refractivity contribution in [3.63, 3.8) is 0 Å². The number of methoxy groups -OCH3 is 1. The van der Waals surface area contributed by atoms with Crippen LogP contribution < -0.4 is 14.4 Å². The summed E-state index contributed by atoms with van der Waals surface area (Å²) in [6.07, 6.45) is 0.165. The van der Waals surface area contributed by atoms with E-state index in [1.54, 1.807) is 19.1 Å². The van der Waals surface area contributed by atoms with Crippen LogP contribution in [0, 0.1) is 6.92 Å². The molecule has 7 nitrogen and oxygen atoms in total. The molecule has 3 rings (SSSR count). The standard InChI is InChI=1S/C18H17ClN2O5S/c1-11-3-4-12(9-14(11)19)20-27(24,25)13-5-6-16(26-2)15(10-13)21-17(22)7-8-18(21)23/h3-6,9-10,20H,7-8H2,1-2H3. The summed E-state index contributed by atoms with van der Waals surface area (Å²) in [6.45, 7) is 1.81. The molecule has 1 aliphatic heterocycles. The lowest BCUT2D eigenvalue weighted by atomic mass is 10.2. The number of ether oxygens (including phenoxy) is 1. The van der Waals surface area contributed by atoms with Crippen LogP contribution in [0.5, 0.6) is 5.75 Å². The quantitative estimate of drug-likeness (QED) is 0.767. The van der Waals surface area contributed by atoms with Gasteiger partial charge >= 0.3 is 0 Å². The fraction of sp³-hybridized carbons (Fsp3) is 0.222. The zero-order valence-corrected chi connectivity index (χ0v) is 16.2. The van der Waals surface area contributed by atoms with Gasteiger partial charge in [0.05, 0.1) is 23.4 Å². The van der Waals surface area contributed by atoms with Crippen molar-refractivity contribution < 1.29 is 22.7 Å². The highest BCUT2D eigenvalue weighted by Gasteiger charge is 2.33. The molecule has 9 heteroatoms. The number of amides is 2. The van der Waals surface area contributed by atoms with Crippen LogP contribution in [0.15, 0.2) is 41.3 Å². The molecule has 0 spiro atoms. The molecular formula is C18H17ClN2O5S. The summed E-state index contributed by atoms with van der Waals surface area (Å²) in [5.74, 6) is -0.562. The van der Waals surface area contributed by atoms with Gasteiger partial charge in [0.25, 0.3) is 10.0 Å². The van der Waals surface area contributed by atoms with Crippen LogP contribution in [0.2, 0.25) is 5.02 Å². The molecule has 0 aliphatic carbocycles. The first-order valence-electron chi connectivity index (χ1n) is 8.06. The zero-order chi connectivity index (χ0) is 19.8. The second-order valence-corrected chi connectivity index (χ2v) is 8.12. The topological polar surface area (TPSA) is 92.8 Å². The van der Waals surface area contributed by atoms with Crippen LogP contribution in [0.1, 0.15) is 18.4 Å². The molecule has 0 saturated carbocycles. The molecule has 1 aliphatic rings. The number of halogens is 1. The lowest BCUT2D eigenvalue weighted by Crippen LogP contribution is -2.29. The number of nitrogens with one attached hydrogen (secondary N) is 1. The number of benzene rings is 2. The number of nitrogens with zero attached hydrogens (tertiary/aromatic N) is 1. The molecule has 0 bridgehead atoms. The minimum Gasteiger partial charge on any atom is -0.495 e. The van der Waals surface area contributed by atoms with E-state index in [2.05, 4.69) is 4.72 Å². The molecule has 1 fully saturated rings. The first kappa shape index (κ1) is 19.2. The van der Waals surface area contributed by atoms with Gasteiger partial charge in [-0.25, -0.2) is 13.3 Å². The van der Waals surface area contributed by atoms with E-state index in [1.165, 1.54) is 31.4 Å². The van der Waals surface area contributed by atoms with Gasteiger partial charge in [-0.2, -0.15) is 0 Å². The average molecular weight is 409 g/mol. The maximum absolute atomic E-state index is 12.7. The van der Waals surface area contributed by atoms with Gasteiger partial charge in [0.2, 0.25) is 11.8 Å². The average Bonchev–Trinajstić information content (AvgIpc) is 2.95. The number of hydrogen-bond donors (Lipinski definition) is 1. The Bertz CT molecular complexity index is 1020. The summed E-state index contributed by atoms with van der Waals surface area (Å²) in [5.41, 5.74) is 1.23. The van der Waals surface area contributed by atoms with Gasteiger partial charge in [-0.3, -0.25) is 14.3 Å². The van der Waals surface area contributed by atoms with E-state index >= 15 is 0 Å². The minimum atomic E-state index is -3.97. The number of carbonyl (C=O) groups excluding carboxylic acids is 2. The molecule has 2 amide bonds. The van der Waals surface area contributed by atoms with Crippen molar-refractivity contribution in [1.29, 1.82) is 0 Å². The highest BCUT2D eigenvalue weighted by Crippen LogP contribution is 2.34. The highest BCUT2D eigenvalue weighted by molar-refractivity contribution is 7.92. The number of rotatable bonds is 5. The summed E-state index contributed by atoms with van der Waals surface area (Å²) in [4.78, 5) is 24.9. The molecule has 27 heavy (non-hydrogen) atoms. The molecule has 0 radical (unpaired) electrons. The van der Waals surface area contributed by atoms with E-state index in [4.69, 9.17) is 16.3 Å². The lowest BCUT2D eigenvalue weighted by molar-refractivity contribution is -0.121. The number of carbonyl (C=O) groups is 2. The maximum atomic E-state index is 12.7. The molecule has 0 unspecified atom stereocenters. The summed E-state index contributed by atoms with van der Waals surface area (Å²) in [7, 11) is -2.59. The Morgan fingerprint density at radius 3 is 2.33 bits per heavy atom. The summed E-state index contributed by atoms with van der Waals surface area (Å²) in [5, 5.41) is 0.430. The summed E-state index contributed by atoms with van der Waals surface area (Å²) in [6, 6.07) is 8.79. The van der Waals surface area contributed by atoms with Crippen molar-refractivity contribution in [1.82, 2.24) is 0 Å². The van der Waals surface area contributed by atoms with Crippen LogP contribution in [-0.4, -0.2) is 27.3 Å². The fourth-order valence-corrected chi connectivity index (χ4v) is 3.98. The number of anilines is 2. The highest BCUT2D eigenvalue weighted by atomic mass is 35.5. The molecule has 0 atom stereocenters. The number of hydrogen-bond acceptors (Lipinski definition) is 5. The smallest absolute Gasteiger partial charge is 0.261 e. The van der Waals surface area contributed by atoms with Crippen LogP contribution in [0.4, 0.5) is 11.4 Å². The van der Waals surface area contributed by atoms with Gasteiger partial charge in [-0.1, -0.05) is 17.7 Å². The number of aryl methyl sites for hydroxylation is 1. The van der Waals surface area contributed by atoms with Gasteiger partial charge in [-0.15, -0.1) is 0 Å². The van der Waals surface area contributed by atoms with Gasteiger partial charge in [0.15, 0.2) is 0 Å². The van der Waals surface area contributed by atoms with Crippen molar-refractivity contribution in [2.24, 2.45) is 0 Å².